The van der Waals surface area contributed by atoms with Crippen LogP contribution in [0.25, 0.3) is 0 Å². The topological polar surface area (TPSA) is 55.2 Å². The SMILES string of the molecule is CCCCC(Cc1ccccc1[N+](=O)[O-])NC. The van der Waals surface area contributed by atoms with Crippen LogP contribution in [0.1, 0.15) is 31.7 Å². The number of benzene rings is 1. The molecule has 0 aliphatic carbocycles. The van der Waals surface area contributed by atoms with Crippen molar-refractivity contribution >= 4 is 5.69 Å². The van der Waals surface area contributed by atoms with E-state index in [0.29, 0.717) is 12.5 Å². The molecule has 0 saturated heterocycles. The normalized spacial score (nSPS) is 12.4. The van der Waals surface area contributed by atoms with Gasteiger partial charge in [-0.3, -0.25) is 10.1 Å². The Balaban J connectivity index is 2.75. The number of hydrogen-bond acceptors (Lipinski definition) is 3. The summed E-state index contributed by atoms with van der Waals surface area (Å²) in [4.78, 5) is 10.6. The first-order valence-electron chi connectivity index (χ1n) is 6.08. The molecule has 0 amide bonds. The molecule has 0 radical (unpaired) electrons. The van der Waals surface area contributed by atoms with Crippen LogP contribution in [0, 0.1) is 10.1 Å². The number of nitro groups is 1. The maximum Gasteiger partial charge on any atom is 0.272 e. The Kier molecular flexibility index (Phi) is 5.63. The van der Waals surface area contributed by atoms with Crippen LogP contribution >= 0.6 is 0 Å². The Morgan fingerprint density at radius 2 is 2.12 bits per heavy atom. The minimum absolute atomic E-state index is 0.226. The van der Waals surface area contributed by atoms with Crippen LogP contribution < -0.4 is 5.32 Å². The quantitative estimate of drug-likeness (QED) is 0.585. The molecule has 0 heterocycles. The van der Waals surface area contributed by atoms with Gasteiger partial charge < -0.3 is 5.32 Å². The van der Waals surface area contributed by atoms with E-state index in [9.17, 15) is 10.1 Å². The van der Waals surface area contributed by atoms with Crippen molar-refractivity contribution in [2.45, 2.75) is 38.6 Å². The maximum atomic E-state index is 10.9. The smallest absolute Gasteiger partial charge is 0.272 e. The Morgan fingerprint density at radius 3 is 2.71 bits per heavy atom. The van der Waals surface area contributed by atoms with Crippen molar-refractivity contribution in [3.05, 3.63) is 39.9 Å². The third-order valence-corrected chi connectivity index (χ3v) is 2.97. The lowest BCUT2D eigenvalue weighted by atomic mass is 10.00. The van der Waals surface area contributed by atoms with Crippen LogP contribution in [0.3, 0.4) is 0 Å². The molecule has 1 aromatic carbocycles. The average Bonchev–Trinajstić information content (AvgIpc) is 2.34. The minimum atomic E-state index is -0.304. The predicted molar refractivity (Wildman–Crippen MR) is 69.2 cm³/mol. The first-order valence-corrected chi connectivity index (χ1v) is 6.08. The number of hydrogen-bond donors (Lipinski definition) is 1. The first kappa shape index (κ1) is 13.6. The van der Waals surface area contributed by atoms with Crippen LogP contribution in [0.2, 0.25) is 0 Å². The molecule has 0 aromatic heterocycles. The summed E-state index contributed by atoms with van der Waals surface area (Å²) in [5.74, 6) is 0. The van der Waals surface area contributed by atoms with E-state index < -0.39 is 0 Å². The maximum absolute atomic E-state index is 10.9. The van der Waals surface area contributed by atoms with Gasteiger partial charge in [0.2, 0.25) is 0 Å². The second kappa shape index (κ2) is 7.01. The van der Waals surface area contributed by atoms with Crippen LogP contribution in [0.5, 0.6) is 0 Å². The Bertz CT molecular complexity index is 366. The summed E-state index contributed by atoms with van der Waals surface area (Å²) in [5.41, 5.74) is 1.04. The number of nitro benzene ring substituents is 1. The molecule has 0 spiro atoms. The van der Waals surface area contributed by atoms with Gasteiger partial charge in [0.25, 0.3) is 5.69 Å². The van der Waals surface area contributed by atoms with Crippen molar-refractivity contribution in [2.24, 2.45) is 0 Å². The molecular formula is C13H20N2O2. The molecule has 4 heteroatoms. The summed E-state index contributed by atoms with van der Waals surface area (Å²) in [6, 6.07) is 7.30. The zero-order valence-corrected chi connectivity index (χ0v) is 10.5. The van der Waals surface area contributed by atoms with Gasteiger partial charge in [-0.2, -0.15) is 0 Å². The number of para-hydroxylation sites is 1. The van der Waals surface area contributed by atoms with Crippen molar-refractivity contribution in [1.82, 2.24) is 5.32 Å². The van der Waals surface area contributed by atoms with Gasteiger partial charge in [-0.25, -0.2) is 0 Å². The van der Waals surface area contributed by atoms with Crippen molar-refractivity contribution in [2.75, 3.05) is 7.05 Å². The Hall–Kier alpha value is -1.42. The fraction of sp³-hybridized carbons (Fsp3) is 0.538. The number of nitrogens with zero attached hydrogens (tertiary/aromatic N) is 1. The standard InChI is InChI=1S/C13H20N2O2/c1-3-4-8-12(14-2)10-11-7-5-6-9-13(11)15(16)17/h5-7,9,12,14H,3-4,8,10H2,1-2H3. The lowest BCUT2D eigenvalue weighted by Crippen LogP contribution is -2.27. The average molecular weight is 236 g/mol. The van der Waals surface area contributed by atoms with E-state index in [1.54, 1.807) is 12.1 Å². The molecule has 94 valence electrons. The highest BCUT2D eigenvalue weighted by Gasteiger charge is 2.15. The molecule has 1 unspecified atom stereocenters. The van der Waals surface area contributed by atoms with Gasteiger partial charge in [-0.15, -0.1) is 0 Å². The predicted octanol–water partition coefficient (Wildman–Crippen LogP) is 2.92. The van der Waals surface area contributed by atoms with Gasteiger partial charge in [-0.1, -0.05) is 38.0 Å². The molecule has 1 aromatic rings. The Labute approximate surface area is 102 Å². The fourth-order valence-corrected chi connectivity index (χ4v) is 1.93. The molecule has 4 nitrogen and oxygen atoms in total. The molecule has 0 fully saturated rings. The molecule has 0 aliphatic heterocycles. The summed E-state index contributed by atoms with van der Waals surface area (Å²) in [5, 5.41) is 14.1. The monoisotopic (exact) mass is 236 g/mol. The summed E-state index contributed by atoms with van der Waals surface area (Å²) in [6.07, 6.45) is 4.06. The number of nitrogens with one attached hydrogen (secondary N) is 1. The van der Waals surface area contributed by atoms with Crippen molar-refractivity contribution < 1.29 is 4.92 Å². The molecule has 17 heavy (non-hydrogen) atoms. The largest absolute Gasteiger partial charge is 0.317 e. The molecule has 0 saturated carbocycles. The van der Waals surface area contributed by atoms with E-state index in [-0.39, 0.29) is 10.6 Å². The van der Waals surface area contributed by atoms with Gasteiger partial charge in [0, 0.05) is 17.7 Å². The van der Waals surface area contributed by atoms with Crippen molar-refractivity contribution in [3.8, 4) is 0 Å². The number of likely N-dealkylation sites (N-methyl/N-ethyl adjacent to an activating group) is 1. The zero-order chi connectivity index (χ0) is 12.7. The van der Waals surface area contributed by atoms with E-state index in [1.165, 1.54) is 0 Å². The summed E-state index contributed by atoms with van der Waals surface area (Å²) < 4.78 is 0. The third kappa shape index (κ3) is 4.15. The molecule has 1 atom stereocenters. The molecule has 1 N–H and O–H groups in total. The summed E-state index contributed by atoms with van der Waals surface area (Å²) in [6.45, 7) is 2.15. The van der Waals surface area contributed by atoms with Crippen LogP contribution in [-0.4, -0.2) is 18.0 Å². The lowest BCUT2D eigenvalue weighted by molar-refractivity contribution is -0.385. The highest BCUT2D eigenvalue weighted by Crippen LogP contribution is 2.20. The van der Waals surface area contributed by atoms with Crippen LogP contribution in [0.15, 0.2) is 24.3 Å². The van der Waals surface area contributed by atoms with E-state index in [1.807, 2.05) is 19.2 Å². The number of unbranched alkanes of at least 4 members (excludes halogenated alkanes) is 1. The van der Waals surface area contributed by atoms with E-state index >= 15 is 0 Å². The van der Waals surface area contributed by atoms with Gasteiger partial charge in [-0.05, 0) is 19.9 Å². The van der Waals surface area contributed by atoms with E-state index in [4.69, 9.17) is 0 Å². The number of rotatable bonds is 7. The second-order valence-electron chi connectivity index (χ2n) is 4.22. The van der Waals surface area contributed by atoms with Crippen molar-refractivity contribution in [1.29, 1.82) is 0 Å². The highest BCUT2D eigenvalue weighted by molar-refractivity contribution is 5.40. The molecular weight excluding hydrogens is 216 g/mol. The molecule has 0 aliphatic rings. The molecule has 0 bridgehead atoms. The molecule has 1 rings (SSSR count). The summed E-state index contributed by atoms with van der Waals surface area (Å²) in [7, 11) is 1.91. The zero-order valence-electron chi connectivity index (χ0n) is 10.5. The lowest BCUT2D eigenvalue weighted by Gasteiger charge is -2.15. The summed E-state index contributed by atoms with van der Waals surface area (Å²) >= 11 is 0. The van der Waals surface area contributed by atoms with E-state index in [2.05, 4.69) is 12.2 Å². The van der Waals surface area contributed by atoms with Crippen LogP contribution in [-0.2, 0) is 6.42 Å². The van der Waals surface area contributed by atoms with Crippen LogP contribution in [0.4, 0.5) is 5.69 Å². The minimum Gasteiger partial charge on any atom is -0.317 e. The second-order valence-corrected chi connectivity index (χ2v) is 4.22. The first-order chi connectivity index (χ1) is 8.19. The highest BCUT2D eigenvalue weighted by atomic mass is 16.6. The van der Waals surface area contributed by atoms with Gasteiger partial charge in [0.15, 0.2) is 0 Å². The van der Waals surface area contributed by atoms with Crippen molar-refractivity contribution in [3.63, 3.8) is 0 Å². The Morgan fingerprint density at radius 1 is 1.41 bits per heavy atom. The van der Waals surface area contributed by atoms with Gasteiger partial charge in [0.05, 0.1) is 4.92 Å². The van der Waals surface area contributed by atoms with E-state index in [0.717, 1.165) is 24.8 Å². The van der Waals surface area contributed by atoms with Gasteiger partial charge in [0.1, 0.15) is 0 Å². The fourth-order valence-electron chi connectivity index (χ4n) is 1.93. The third-order valence-electron chi connectivity index (χ3n) is 2.97. The van der Waals surface area contributed by atoms with Gasteiger partial charge >= 0.3 is 0 Å².